The van der Waals surface area contributed by atoms with Crippen molar-refractivity contribution in [2.45, 2.75) is 12.5 Å². The monoisotopic (exact) mass is 301 g/mol. The molecule has 1 aromatic carbocycles. The first-order valence-corrected chi connectivity index (χ1v) is 7.93. The Balaban J connectivity index is 2.34. The number of rotatable bonds is 7. The molecule has 0 aliphatic rings. The van der Waals surface area contributed by atoms with E-state index >= 15 is 0 Å². The lowest BCUT2D eigenvalue weighted by Crippen LogP contribution is -2.44. The molecule has 0 saturated carbocycles. The summed E-state index contributed by atoms with van der Waals surface area (Å²) in [6.45, 7) is 0.297. The lowest BCUT2D eigenvalue weighted by Gasteiger charge is -2.12. The Morgan fingerprint density at radius 2 is 1.90 bits per heavy atom. The van der Waals surface area contributed by atoms with Crippen LogP contribution >= 0.6 is 0 Å². The van der Waals surface area contributed by atoms with E-state index < -0.39 is 16.1 Å². The third-order valence-electron chi connectivity index (χ3n) is 2.52. The summed E-state index contributed by atoms with van der Waals surface area (Å²) < 4.78 is 23.9. The molecule has 0 radical (unpaired) electrons. The first-order valence-electron chi connectivity index (χ1n) is 6.04. The summed E-state index contributed by atoms with van der Waals surface area (Å²) in [6.07, 6.45) is 1.39. The van der Waals surface area contributed by atoms with Gasteiger partial charge in [-0.2, -0.15) is 0 Å². The third-order valence-corrected chi connectivity index (χ3v) is 3.25. The Bertz CT molecular complexity index is 542. The summed E-state index contributed by atoms with van der Waals surface area (Å²) in [7, 11) is -3.25. The van der Waals surface area contributed by atoms with E-state index in [1.165, 1.54) is 12.1 Å². The lowest BCUT2D eigenvalue weighted by atomic mass is 10.1. The van der Waals surface area contributed by atoms with E-state index in [9.17, 15) is 13.2 Å². The summed E-state index contributed by atoms with van der Waals surface area (Å²) in [4.78, 5) is 11.7. The molecule has 112 valence electrons. The number of nitrogens with one attached hydrogen (secondary N) is 2. The minimum absolute atomic E-state index is 0.122. The lowest BCUT2D eigenvalue weighted by molar-refractivity contribution is -0.122. The van der Waals surface area contributed by atoms with E-state index in [0.717, 1.165) is 11.8 Å². The average Bonchev–Trinajstić information content (AvgIpc) is 2.36. The van der Waals surface area contributed by atoms with Gasteiger partial charge in [-0.25, -0.2) is 13.1 Å². The Morgan fingerprint density at radius 1 is 1.30 bits per heavy atom. The molecule has 0 fully saturated rings. The van der Waals surface area contributed by atoms with Crippen LogP contribution in [-0.2, 0) is 21.2 Å². The fourth-order valence-electron chi connectivity index (χ4n) is 1.53. The van der Waals surface area contributed by atoms with Crippen molar-refractivity contribution >= 4 is 15.9 Å². The van der Waals surface area contributed by atoms with E-state index in [2.05, 4.69) is 10.0 Å². The number of aromatic hydroxyl groups is 1. The number of benzene rings is 1. The molecule has 1 atom stereocenters. The molecule has 1 unspecified atom stereocenters. The number of carbonyl (C=O) groups is 1. The van der Waals surface area contributed by atoms with Crippen molar-refractivity contribution in [2.24, 2.45) is 5.73 Å². The van der Waals surface area contributed by atoms with Gasteiger partial charge in [0.15, 0.2) is 0 Å². The van der Waals surface area contributed by atoms with Gasteiger partial charge in [0.25, 0.3) is 0 Å². The van der Waals surface area contributed by atoms with Crippen molar-refractivity contribution < 1.29 is 18.3 Å². The van der Waals surface area contributed by atoms with Crippen molar-refractivity contribution in [3.63, 3.8) is 0 Å². The quantitative estimate of drug-likeness (QED) is 0.478. The molecule has 1 rings (SSSR count). The van der Waals surface area contributed by atoms with Gasteiger partial charge in [-0.05, 0) is 24.1 Å². The second kappa shape index (κ2) is 7.22. The highest BCUT2D eigenvalue weighted by atomic mass is 32.2. The van der Waals surface area contributed by atoms with Crippen molar-refractivity contribution in [1.29, 1.82) is 0 Å². The number of sulfonamides is 1. The Labute approximate surface area is 118 Å². The molecule has 0 aromatic heterocycles. The van der Waals surface area contributed by atoms with Crippen LogP contribution in [0.4, 0.5) is 0 Å². The van der Waals surface area contributed by atoms with Gasteiger partial charge in [0, 0.05) is 13.1 Å². The van der Waals surface area contributed by atoms with Gasteiger partial charge in [-0.1, -0.05) is 12.1 Å². The number of hydrogen-bond donors (Lipinski definition) is 4. The molecule has 0 heterocycles. The van der Waals surface area contributed by atoms with Crippen LogP contribution in [0.5, 0.6) is 5.75 Å². The number of phenolic OH excluding ortho intramolecular Hbond substituents is 1. The van der Waals surface area contributed by atoms with Crippen LogP contribution in [-0.4, -0.2) is 44.8 Å². The van der Waals surface area contributed by atoms with Gasteiger partial charge >= 0.3 is 0 Å². The molecular weight excluding hydrogens is 282 g/mol. The number of nitrogens with two attached hydrogens (primary N) is 1. The van der Waals surface area contributed by atoms with Crippen molar-refractivity contribution in [3.05, 3.63) is 29.8 Å². The van der Waals surface area contributed by atoms with Crippen molar-refractivity contribution in [3.8, 4) is 5.75 Å². The van der Waals surface area contributed by atoms with Gasteiger partial charge in [0.1, 0.15) is 5.75 Å². The van der Waals surface area contributed by atoms with Gasteiger partial charge in [0.2, 0.25) is 15.9 Å². The van der Waals surface area contributed by atoms with Crippen LogP contribution in [0.3, 0.4) is 0 Å². The van der Waals surface area contributed by atoms with Crippen LogP contribution in [0, 0.1) is 0 Å². The summed E-state index contributed by atoms with van der Waals surface area (Å²) in [5, 5.41) is 11.7. The van der Waals surface area contributed by atoms with Crippen LogP contribution in [0.25, 0.3) is 0 Å². The van der Waals surface area contributed by atoms with Gasteiger partial charge in [0.05, 0.1) is 12.3 Å². The predicted octanol–water partition coefficient (Wildman–Crippen LogP) is -1.07. The minimum atomic E-state index is -3.25. The molecule has 8 heteroatoms. The predicted molar refractivity (Wildman–Crippen MR) is 75.6 cm³/mol. The highest BCUT2D eigenvalue weighted by Crippen LogP contribution is 2.10. The number of amides is 1. The van der Waals surface area contributed by atoms with E-state index in [-0.39, 0.29) is 24.7 Å². The molecule has 7 nitrogen and oxygen atoms in total. The maximum Gasteiger partial charge on any atom is 0.237 e. The molecule has 5 N–H and O–H groups in total. The first-order chi connectivity index (χ1) is 9.28. The van der Waals surface area contributed by atoms with E-state index in [4.69, 9.17) is 10.8 Å². The standard InChI is InChI=1S/C12H19N3O4S/c1-20(18,19)15-7-6-14-12(17)11(13)8-9-2-4-10(16)5-3-9/h2-5,11,15-16H,6-8,13H2,1H3,(H,14,17). The van der Waals surface area contributed by atoms with Crippen molar-refractivity contribution in [2.75, 3.05) is 19.3 Å². The largest absolute Gasteiger partial charge is 0.508 e. The molecule has 0 bridgehead atoms. The molecular formula is C12H19N3O4S. The third kappa shape index (κ3) is 6.50. The smallest absolute Gasteiger partial charge is 0.237 e. The summed E-state index contributed by atoms with van der Waals surface area (Å²) in [5.74, 6) is -0.202. The molecule has 1 amide bonds. The second-order valence-corrected chi connectivity index (χ2v) is 6.27. The van der Waals surface area contributed by atoms with E-state index in [1.54, 1.807) is 12.1 Å². The fraction of sp³-hybridized carbons (Fsp3) is 0.417. The number of carbonyl (C=O) groups excluding carboxylic acids is 1. The summed E-state index contributed by atoms with van der Waals surface area (Å²) in [5.41, 5.74) is 6.58. The second-order valence-electron chi connectivity index (χ2n) is 4.43. The fourth-order valence-corrected chi connectivity index (χ4v) is 2.00. The Morgan fingerprint density at radius 3 is 2.45 bits per heavy atom. The molecule has 1 aromatic rings. The maximum absolute atomic E-state index is 11.7. The maximum atomic E-state index is 11.7. The molecule has 0 saturated heterocycles. The molecule has 0 aliphatic heterocycles. The Hall–Kier alpha value is -1.64. The van der Waals surface area contributed by atoms with Gasteiger partial charge in [-0.3, -0.25) is 4.79 Å². The van der Waals surface area contributed by atoms with Crippen LogP contribution in [0.1, 0.15) is 5.56 Å². The zero-order valence-corrected chi connectivity index (χ0v) is 12.0. The zero-order chi connectivity index (χ0) is 15.2. The summed E-state index contributed by atoms with van der Waals surface area (Å²) in [6, 6.07) is 5.70. The first kappa shape index (κ1) is 16.4. The molecule has 0 spiro atoms. The topological polar surface area (TPSA) is 122 Å². The minimum Gasteiger partial charge on any atom is -0.508 e. The van der Waals surface area contributed by atoms with E-state index in [1.807, 2.05) is 0 Å². The normalized spacial score (nSPS) is 12.9. The van der Waals surface area contributed by atoms with Gasteiger partial charge in [-0.15, -0.1) is 0 Å². The van der Waals surface area contributed by atoms with Crippen LogP contribution in [0.2, 0.25) is 0 Å². The average molecular weight is 301 g/mol. The van der Waals surface area contributed by atoms with E-state index in [0.29, 0.717) is 6.42 Å². The number of hydrogen-bond acceptors (Lipinski definition) is 5. The molecule has 0 aliphatic carbocycles. The van der Waals surface area contributed by atoms with Crippen LogP contribution in [0.15, 0.2) is 24.3 Å². The Kier molecular flexibility index (Phi) is 5.93. The van der Waals surface area contributed by atoms with Gasteiger partial charge < -0.3 is 16.2 Å². The summed E-state index contributed by atoms with van der Waals surface area (Å²) >= 11 is 0. The SMILES string of the molecule is CS(=O)(=O)NCCNC(=O)C(N)Cc1ccc(O)cc1. The number of phenols is 1. The van der Waals surface area contributed by atoms with Crippen LogP contribution < -0.4 is 15.8 Å². The van der Waals surface area contributed by atoms with Crippen molar-refractivity contribution in [1.82, 2.24) is 10.0 Å². The highest BCUT2D eigenvalue weighted by molar-refractivity contribution is 7.88. The zero-order valence-electron chi connectivity index (χ0n) is 11.2. The highest BCUT2D eigenvalue weighted by Gasteiger charge is 2.13. The molecule has 20 heavy (non-hydrogen) atoms.